The number of nitrogens with one attached hydrogen (secondary N) is 2. The summed E-state index contributed by atoms with van der Waals surface area (Å²) in [5.41, 5.74) is 2.97. The van der Waals surface area contributed by atoms with Crippen molar-refractivity contribution in [3.63, 3.8) is 0 Å². The van der Waals surface area contributed by atoms with Crippen molar-refractivity contribution in [3.05, 3.63) is 28.8 Å². The fourth-order valence-electron chi connectivity index (χ4n) is 2.59. The number of benzene rings is 1. The van der Waals surface area contributed by atoms with Gasteiger partial charge in [-0.25, -0.2) is 0 Å². The topological polar surface area (TPSA) is 24.1 Å². The van der Waals surface area contributed by atoms with Gasteiger partial charge >= 0.3 is 0 Å². The number of fused-ring (bicyclic) bond motifs is 2. The van der Waals surface area contributed by atoms with E-state index in [4.69, 9.17) is 11.6 Å². The third kappa shape index (κ3) is 1.07. The normalized spacial score (nSPS) is 29.2. The molecule has 0 radical (unpaired) electrons. The Morgan fingerprint density at radius 2 is 2.21 bits per heavy atom. The number of hydrogen-bond acceptors (Lipinski definition) is 2. The molecule has 1 aromatic rings. The zero-order chi connectivity index (χ0) is 9.60. The summed E-state index contributed by atoms with van der Waals surface area (Å²) in [6.45, 7) is 3.25. The molecular formula is C11H13ClN2. The Bertz CT molecular complexity index is 370. The Morgan fingerprint density at radius 1 is 1.29 bits per heavy atom. The van der Waals surface area contributed by atoms with E-state index in [2.05, 4.69) is 22.8 Å². The van der Waals surface area contributed by atoms with Crippen molar-refractivity contribution in [1.82, 2.24) is 5.32 Å². The molecule has 1 saturated heterocycles. The van der Waals surface area contributed by atoms with Crippen LogP contribution in [-0.4, -0.2) is 19.6 Å². The van der Waals surface area contributed by atoms with E-state index >= 15 is 0 Å². The van der Waals surface area contributed by atoms with E-state index in [1.165, 1.54) is 17.7 Å². The molecule has 1 unspecified atom stereocenters. The first-order valence-corrected chi connectivity index (χ1v) is 5.43. The molecule has 2 aliphatic rings. The maximum absolute atomic E-state index is 6.04. The Labute approximate surface area is 88.6 Å². The Kier molecular flexibility index (Phi) is 1.76. The van der Waals surface area contributed by atoms with Gasteiger partial charge in [-0.3, -0.25) is 0 Å². The third-order valence-corrected chi connectivity index (χ3v) is 3.65. The second-order valence-corrected chi connectivity index (χ2v) is 4.69. The van der Waals surface area contributed by atoms with Crippen molar-refractivity contribution in [2.45, 2.75) is 11.8 Å². The van der Waals surface area contributed by atoms with E-state index in [-0.39, 0.29) is 0 Å². The largest absolute Gasteiger partial charge is 0.384 e. The first kappa shape index (κ1) is 8.57. The molecule has 1 fully saturated rings. The van der Waals surface area contributed by atoms with Crippen LogP contribution in [0.3, 0.4) is 0 Å². The molecular weight excluding hydrogens is 196 g/mol. The van der Waals surface area contributed by atoms with Crippen molar-refractivity contribution >= 4 is 17.3 Å². The Morgan fingerprint density at radius 3 is 3.00 bits per heavy atom. The van der Waals surface area contributed by atoms with Crippen LogP contribution >= 0.6 is 11.6 Å². The molecule has 1 atom stereocenters. The molecule has 1 aromatic carbocycles. The lowest BCUT2D eigenvalue weighted by atomic mass is 9.82. The van der Waals surface area contributed by atoms with Crippen LogP contribution in [0.25, 0.3) is 0 Å². The summed E-state index contributed by atoms with van der Waals surface area (Å²) in [7, 11) is 0. The number of hydrogen-bond donors (Lipinski definition) is 2. The van der Waals surface area contributed by atoms with Crippen molar-refractivity contribution in [2.75, 3.05) is 25.0 Å². The van der Waals surface area contributed by atoms with Gasteiger partial charge in [0.1, 0.15) is 0 Å². The van der Waals surface area contributed by atoms with E-state index in [0.29, 0.717) is 5.41 Å². The molecule has 0 saturated carbocycles. The second kappa shape index (κ2) is 2.88. The fraction of sp³-hybridized carbons (Fsp3) is 0.455. The van der Waals surface area contributed by atoms with E-state index in [9.17, 15) is 0 Å². The molecule has 3 heteroatoms. The zero-order valence-corrected chi connectivity index (χ0v) is 8.69. The summed E-state index contributed by atoms with van der Waals surface area (Å²) in [5.74, 6) is 0. The minimum Gasteiger partial charge on any atom is -0.384 e. The van der Waals surface area contributed by atoms with Gasteiger partial charge in [0.25, 0.3) is 0 Å². The van der Waals surface area contributed by atoms with Gasteiger partial charge in [-0.05, 0) is 36.7 Å². The molecule has 0 aromatic heterocycles. The van der Waals surface area contributed by atoms with Crippen LogP contribution in [0.4, 0.5) is 5.69 Å². The first-order valence-electron chi connectivity index (χ1n) is 5.05. The van der Waals surface area contributed by atoms with Gasteiger partial charge in [-0.15, -0.1) is 0 Å². The highest BCUT2D eigenvalue weighted by molar-refractivity contribution is 6.30. The van der Waals surface area contributed by atoms with Crippen molar-refractivity contribution in [2.24, 2.45) is 0 Å². The van der Waals surface area contributed by atoms with Crippen LogP contribution in [0, 0.1) is 0 Å². The molecule has 2 nitrogen and oxygen atoms in total. The molecule has 0 amide bonds. The number of halogens is 1. The second-order valence-electron chi connectivity index (χ2n) is 4.25. The van der Waals surface area contributed by atoms with Gasteiger partial charge in [0, 0.05) is 29.2 Å². The minimum atomic E-state index is 0.306. The molecule has 74 valence electrons. The third-order valence-electron chi connectivity index (χ3n) is 3.41. The average Bonchev–Trinajstić information content (AvgIpc) is 2.77. The van der Waals surface area contributed by atoms with Gasteiger partial charge in [0.05, 0.1) is 0 Å². The van der Waals surface area contributed by atoms with Crippen LogP contribution in [-0.2, 0) is 5.41 Å². The molecule has 3 rings (SSSR count). The predicted molar refractivity (Wildman–Crippen MR) is 59.1 cm³/mol. The molecule has 14 heavy (non-hydrogen) atoms. The lowest BCUT2D eigenvalue weighted by Crippen LogP contribution is -2.30. The van der Waals surface area contributed by atoms with Gasteiger partial charge in [0.15, 0.2) is 0 Å². The van der Waals surface area contributed by atoms with E-state index in [0.717, 1.165) is 24.7 Å². The highest BCUT2D eigenvalue weighted by Crippen LogP contribution is 2.41. The summed E-state index contributed by atoms with van der Waals surface area (Å²) in [4.78, 5) is 0. The molecule has 2 N–H and O–H groups in total. The molecule has 0 aliphatic carbocycles. The van der Waals surface area contributed by atoms with Crippen molar-refractivity contribution < 1.29 is 0 Å². The maximum Gasteiger partial charge on any atom is 0.0410 e. The van der Waals surface area contributed by atoms with Crippen molar-refractivity contribution in [3.8, 4) is 0 Å². The van der Waals surface area contributed by atoms with E-state index in [1.807, 2.05) is 6.07 Å². The summed E-state index contributed by atoms with van der Waals surface area (Å²) in [5, 5.41) is 7.74. The van der Waals surface area contributed by atoms with Gasteiger partial charge in [-0.2, -0.15) is 0 Å². The van der Waals surface area contributed by atoms with Crippen LogP contribution in [0.1, 0.15) is 12.0 Å². The monoisotopic (exact) mass is 208 g/mol. The standard InChI is InChI=1S/C11H13ClN2/c12-8-1-2-10-9(5-8)11(7-14-10)3-4-13-6-11/h1-2,5,13-14H,3-4,6-7H2. The van der Waals surface area contributed by atoms with E-state index < -0.39 is 0 Å². The predicted octanol–water partition coefficient (Wildman–Crippen LogP) is 2.00. The average molecular weight is 209 g/mol. The first-order chi connectivity index (χ1) is 6.80. The molecule has 2 aliphatic heterocycles. The molecule has 1 spiro atoms. The smallest absolute Gasteiger partial charge is 0.0410 e. The Balaban J connectivity index is 2.12. The number of rotatable bonds is 0. The summed E-state index contributed by atoms with van der Waals surface area (Å²) < 4.78 is 0. The van der Waals surface area contributed by atoms with Crippen LogP contribution in [0.5, 0.6) is 0 Å². The summed E-state index contributed by atoms with van der Waals surface area (Å²) in [6.07, 6.45) is 1.22. The maximum atomic E-state index is 6.04. The molecule has 2 heterocycles. The minimum absolute atomic E-state index is 0.306. The highest BCUT2D eigenvalue weighted by atomic mass is 35.5. The quantitative estimate of drug-likeness (QED) is 0.682. The van der Waals surface area contributed by atoms with E-state index in [1.54, 1.807) is 0 Å². The van der Waals surface area contributed by atoms with Crippen LogP contribution in [0.2, 0.25) is 5.02 Å². The van der Waals surface area contributed by atoms with Gasteiger partial charge < -0.3 is 10.6 Å². The lowest BCUT2D eigenvalue weighted by Gasteiger charge is -2.21. The van der Waals surface area contributed by atoms with Crippen LogP contribution in [0.15, 0.2) is 18.2 Å². The highest BCUT2D eigenvalue weighted by Gasteiger charge is 2.41. The zero-order valence-electron chi connectivity index (χ0n) is 7.94. The SMILES string of the molecule is Clc1ccc2c(c1)C1(CCNC1)CN2. The Hall–Kier alpha value is -0.730. The summed E-state index contributed by atoms with van der Waals surface area (Å²) in [6, 6.07) is 6.16. The lowest BCUT2D eigenvalue weighted by molar-refractivity contribution is 0.522. The summed E-state index contributed by atoms with van der Waals surface area (Å²) >= 11 is 6.04. The van der Waals surface area contributed by atoms with Gasteiger partial charge in [-0.1, -0.05) is 11.6 Å². The van der Waals surface area contributed by atoms with Crippen LogP contribution < -0.4 is 10.6 Å². The van der Waals surface area contributed by atoms with Crippen molar-refractivity contribution in [1.29, 1.82) is 0 Å². The van der Waals surface area contributed by atoms with Gasteiger partial charge in [0.2, 0.25) is 0 Å². The fourth-order valence-corrected chi connectivity index (χ4v) is 2.77. The molecule has 0 bridgehead atoms. The number of anilines is 1.